The molecule has 2 aromatic rings. The zero-order valence-electron chi connectivity index (χ0n) is 16.1. The molecule has 150 valence electrons. The molecule has 0 radical (unpaired) electrons. The minimum absolute atomic E-state index is 0.00163. The van der Waals surface area contributed by atoms with E-state index in [0.29, 0.717) is 12.3 Å². The maximum absolute atomic E-state index is 12.2. The quantitative estimate of drug-likeness (QED) is 0.572. The van der Waals surface area contributed by atoms with Crippen LogP contribution >= 0.6 is 0 Å². The number of benzene rings is 1. The minimum atomic E-state index is -0.659. The van der Waals surface area contributed by atoms with Gasteiger partial charge >= 0.3 is 5.69 Å². The number of hydrogen-bond acceptors (Lipinski definition) is 5. The number of ether oxygens (including phenoxy) is 1. The van der Waals surface area contributed by atoms with Crippen molar-refractivity contribution in [2.75, 3.05) is 33.3 Å². The van der Waals surface area contributed by atoms with E-state index in [9.17, 15) is 14.7 Å². The Kier molecular flexibility index (Phi) is 6.65. The van der Waals surface area contributed by atoms with Crippen LogP contribution in [0.5, 0.6) is 11.6 Å². The number of nitrogens with zero attached hydrogens (tertiary/aromatic N) is 2. The lowest BCUT2D eigenvalue weighted by molar-refractivity contribution is -0.903. The number of aromatic hydroxyl groups is 1. The van der Waals surface area contributed by atoms with Crippen LogP contribution in [0, 0.1) is 0 Å². The van der Waals surface area contributed by atoms with Crippen LogP contribution < -0.4 is 20.9 Å². The third kappa shape index (κ3) is 4.89. The highest BCUT2D eigenvalue weighted by Crippen LogP contribution is 2.14. The van der Waals surface area contributed by atoms with Crippen molar-refractivity contribution in [1.82, 2.24) is 9.55 Å². The molecule has 0 bridgehead atoms. The highest BCUT2D eigenvalue weighted by Gasteiger charge is 2.14. The van der Waals surface area contributed by atoms with Crippen LogP contribution in [0.4, 0.5) is 0 Å². The second-order valence-electron chi connectivity index (χ2n) is 7.03. The summed E-state index contributed by atoms with van der Waals surface area (Å²) in [6.07, 6.45) is 5.15. The van der Waals surface area contributed by atoms with E-state index in [-0.39, 0.29) is 18.0 Å². The molecular weight excluding hydrogens is 360 g/mol. The number of piperidine rings is 1. The van der Waals surface area contributed by atoms with E-state index in [0.717, 1.165) is 29.8 Å². The summed E-state index contributed by atoms with van der Waals surface area (Å²) >= 11 is 0. The molecular formula is C20H27N4O4+. The van der Waals surface area contributed by atoms with E-state index in [2.05, 4.69) is 9.98 Å². The molecule has 1 aliphatic heterocycles. The van der Waals surface area contributed by atoms with E-state index in [4.69, 9.17) is 4.74 Å². The van der Waals surface area contributed by atoms with E-state index in [1.54, 1.807) is 31.4 Å². The molecule has 1 aromatic heterocycles. The van der Waals surface area contributed by atoms with Crippen LogP contribution in [0.1, 0.15) is 30.4 Å². The molecule has 3 rings (SSSR count). The zero-order valence-corrected chi connectivity index (χ0v) is 16.1. The van der Waals surface area contributed by atoms with Crippen LogP contribution in [0.3, 0.4) is 0 Å². The lowest BCUT2D eigenvalue weighted by atomic mass is 10.1. The van der Waals surface area contributed by atoms with Crippen molar-refractivity contribution in [1.29, 1.82) is 0 Å². The highest BCUT2D eigenvalue weighted by molar-refractivity contribution is 5.81. The van der Waals surface area contributed by atoms with Gasteiger partial charge in [0.05, 0.1) is 39.8 Å². The summed E-state index contributed by atoms with van der Waals surface area (Å²) in [6, 6.07) is 7.14. The van der Waals surface area contributed by atoms with Gasteiger partial charge in [0.2, 0.25) is 5.88 Å². The zero-order chi connectivity index (χ0) is 19.9. The summed E-state index contributed by atoms with van der Waals surface area (Å²) in [5.74, 6) is 0.323. The normalized spacial score (nSPS) is 15.2. The maximum atomic E-state index is 12.2. The fourth-order valence-corrected chi connectivity index (χ4v) is 3.43. The summed E-state index contributed by atoms with van der Waals surface area (Å²) < 4.78 is 6.24. The Bertz CT molecular complexity index is 925. The van der Waals surface area contributed by atoms with Crippen LogP contribution in [-0.2, 0) is 6.54 Å². The van der Waals surface area contributed by atoms with Gasteiger partial charge < -0.3 is 14.7 Å². The molecule has 2 heterocycles. The third-order valence-corrected chi connectivity index (χ3v) is 5.08. The monoisotopic (exact) mass is 387 g/mol. The van der Waals surface area contributed by atoms with Crippen molar-refractivity contribution in [3.05, 3.63) is 56.2 Å². The lowest BCUT2D eigenvalue weighted by Gasteiger charge is -2.22. The number of quaternary nitrogens is 1. The van der Waals surface area contributed by atoms with Gasteiger partial charge in [-0.1, -0.05) is 12.1 Å². The van der Waals surface area contributed by atoms with E-state index >= 15 is 0 Å². The van der Waals surface area contributed by atoms with Crippen molar-refractivity contribution < 1.29 is 14.7 Å². The molecule has 28 heavy (non-hydrogen) atoms. The Morgan fingerprint density at radius 2 is 1.93 bits per heavy atom. The maximum Gasteiger partial charge on any atom is 0.331 e. The molecule has 0 saturated carbocycles. The summed E-state index contributed by atoms with van der Waals surface area (Å²) in [4.78, 5) is 32.3. The molecule has 0 atom stereocenters. The molecule has 1 fully saturated rings. The summed E-state index contributed by atoms with van der Waals surface area (Å²) in [6.45, 7) is 3.93. The second kappa shape index (κ2) is 9.36. The molecule has 3 N–H and O–H groups in total. The Balaban J connectivity index is 1.74. The number of hydrogen-bond donors (Lipinski definition) is 3. The number of H-pyrrole nitrogens is 1. The summed E-state index contributed by atoms with van der Waals surface area (Å²) in [5, 5.41) is 10.5. The van der Waals surface area contributed by atoms with Crippen LogP contribution in [0.25, 0.3) is 0 Å². The van der Waals surface area contributed by atoms with Crippen molar-refractivity contribution in [2.24, 2.45) is 4.99 Å². The molecule has 1 aromatic carbocycles. The number of aromatic amines is 1. The Morgan fingerprint density at radius 3 is 2.61 bits per heavy atom. The predicted octanol–water partition coefficient (Wildman–Crippen LogP) is -0.213. The van der Waals surface area contributed by atoms with Crippen molar-refractivity contribution in [3.8, 4) is 11.6 Å². The van der Waals surface area contributed by atoms with Crippen LogP contribution in [-0.4, -0.2) is 54.2 Å². The first-order valence-corrected chi connectivity index (χ1v) is 9.61. The molecule has 0 spiro atoms. The molecule has 8 nitrogen and oxygen atoms in total. The summed E-state index contributed by atoms with van der Waals surface area (Å²) in [5.41, 5.74) is -0.501. The smallest absolute Gasteiger partial charge is 0.331 e. The first-order chi connectivity index (χ1) is 13.6. The van der Waals surface area contributed by atoms with Crippen molar-refractivity contribution in [3.63, 3.8) is 0 Å². The molecule has 0 unspecified atom stereocenters. The highest BCUT2D eigenvalue weighted by atomic mass is 16.5. The van der Waals surface area contributed by atoms with E-state index in [1.165, 1.54) is 30.4 Å². The number of methoxy groups -OCH3 is 1. The van der Waals surface area contributed by atoms with Gasteiger partial charge in [0.15, 0.2) is 0 Å². The topological polar surface area (TPSA) is 101 Å². The Labute approximate surface area is 163 Å². The first-order valence-electron chi connectivity index (χ1n) is 9.61. The molecule has 1 aliphatic rings. The fourth-order valence-electron chi connectivity index (χ4n) is 3.43. The number of aromatic nitrogens is 2. The number of aliphatic imine (C=N–C) groups is 1. The average Bonchev–Trinajstić information content (AvgIpc) is 2.71. The van der Waals surface area contributed by atoms with Gasteiger partial charge in [-0.25, -0.2) is 4.79 Å². The molecule has 1 saturated heterocycles. The number of rotatable bonds is 7. The van der Waals surface area contributed by atoms with Gasteiger partial charge in [-0.3, -0.25) is 19.3 Å². The predicted molar refractivity (Wildman–Crippen MR) is 107 cm³/mol. The lowest BCUT2D eigenvalue weighted by Crippen LogP contribution is -3.13. The standard InChI is InChI=1S/C20H26N4O4/c1-28-16-7-5-15(6-8-16)14-24-19(26)17(18(25)22-20(24)27)13-21-9-12-23-10-3-2-4-11-23/h5-8,13,26H,2-4,9-12,14H2,1H3,(H,22,25,27)/p+1. The molecule has 0 aliphatic carbocycles. The second-order valence-corrected chi connectivity index (χ2v) is 7.03. The van der Waals surface area contributed by atoms with Crippen LogP contribution in [0.2, 0.25) is 0 Å². The average molecular weight is 387 g/mol. The van der Waals surface area contributed by atoms with Crippen molar-refractivity contribution in [2.45, 2.75) is 25.8 Å². The fraction of sp³-hybridized carbons (Fsp3) is 0.450. The number of nitrogens with one attached hydrogen (secondary N) is 2. The largest absolute Gasteiger partial charge is 0.497 e. The summed E-state index contributed by atoms with van der Waals surface area (Å²) in [7, 11) is 1.58. The Hall–Kier alpha value is -2.87. The molecule has 8 heteroatoms. The van der Waals surface area contributed by atoms with Gasteiger partial charge in [0, 0.05) is 6.21 Å². The van der Waals surface area contributed by atoms with Gasteiger partial charge in [-0.05, 0) is 37.0 Å². The Morgan fingerprint density at radius 1 is 1.21 bits per heavy atom. The van der Waals surface area contributed by atoms with Gasteiger partial charge in [-0.2, -0.15) is 0 Å². The van der Waals surface area contributed by atoms with Gasteiger partial charge in [0.1, 0.15) is 11.3 Å². The van der Waals surface area contributed by atoms with Gasteiger partial charge in [-0.15, -0.1) is 0 Å². The van der Waals surface area contributed by atoms with E-state index < -0.39 is 11.2 Å². The first kappa shape index (κ1) is 19.9. The van der Waals surface area contributed by atoms with E-state index in [1.807, 2.05) is 0 Å². The van der Waals surface area contributed by atoms with Crippen LogP contribution in [0.15, 0.2) is 38.8 Å². The SMILES string of the molecule is COc1ccc(Cn2c(O)c(C=NCC[NH+]3CCCCC3)c(=O)[nH]c2=O)cc1. The van der Waals surface area contributed by atoms with Crippen molar-refractivity contribution >= 4 is 6.21 Å². The number of likely N-dealkylation sites (tertiary alicyclic amines) is 1. The van der Waals surface area contributed by atoms with Gasteiger partial charge in [0.25, 0.3) is 5.56 Å². The minimum Gasteiger partial charge on any atom is -0.497 e. The third-order valence-electron chi connectivity index (χ3n) is 5.08. The molecule has 0 amide bonds.